The van der Waals surface area contributed by atoms with Crippen molar-refractivity contribution in [1.29, 1.82) is 0 Å². The van der Waals surface area contributed by atoms with Gasteiger partial charge in [0.2, 0.25) is 5.91 Å². The summed E-state index contributed by atoms with van der Waals surface area (Å²) < 4.78 is 55.2. The highest BCUT2D eigenvalue weighted by molar-refractivity contribution is 5.73. The van der Waals surface area contributed by atoms with E-state index in [1.165, 1.54) is 6.92 Å². The fraction of sp³-hybridized carbons (Fsp3) is 0.682. The predicted octanol–water partition coefficient (Wildman–Crippen LogP) is 4.72. The quantitative estimate of drug-likeness (QED) is 0.649. The van der Waals surface area contributed by atoms with Crippen LogP contribution in [0.25, 0.3) is 5.65 Å². The van der Waals surface area contributed by atoms with Crippen molar-refractivity contribution < 1.29 is 22.4 Å². The summed E-state index contributed by atoms with van der Waals surface area (Å²) in [5.74, 6) is -1.39. The number of aryl methyl sites for hydroxylation is 1. The number of amides is 1. The summed E-state index contributed by atoms with van der Waals surface area (Å²) >= 11 is 0. The van der Waals surface area contributed by atoms with Gasteiger partial charge in [0, 0.05) is 37.7 Å². The molecule has 0 bridgehead atoms. The van der Waals surface area contributed by atoms with Gasteiger partial charge in [0.05, 0.1) is 22.7 Å². The van der Waals surface area contributed by atoms with Crippen LogP contribution in [0.15, 0.2) is 12.1 Å². The third-order valence-electron chi connectivity index (χ3n) is 7.00. The Morgan fingerprint density at radius 3 is 2.55 bits per heavy atom. The van der Waals surface area contributed by atoms with E-state index in [2.05, 4.69) is 4.98 Å². The Morgan fingerprint density at radius 1 is 1.23 bits per heavy atom. The molecule has 2 fully saturated rings. The molecule has 3 heterocycles. The third kappa shape index (κ3) is 4.15. The van der Waals surface area contributed by atoms with Crippen molar-refractivity contribution in [2.24, 2.45) is 5.92 Å². The smallest absolute Gasteiger partial charge is 0.342 e. The fourth-order valence-electron chi connectivity index (χ4n) is 5.20. The highest BCUT2D eigenvalue weighted by Gasteiger charge is 2.43. The van der Waals surface area contributed by atoms with Crippen LogP contribution in [0.4, 0.5) is 17.6 Å². The first-order valence-corrected chi connectivity index (χ1v) is 10.9. The zero-order chi connectivity index (χ0) is 22.4. The standard InChI is InChI=1S/C22H28F4N4O/c1-14-10-19(21(12-23)8-3-9-29(13-21)15(2)31)30-20(27-14)11-18(28-30)16-4-6-17(7-5-16)22(24,25)26/h10-11,16-17H,3-9,12-13H2,1-2H3/t16-,17-,21?. The van der Waals surface area contributed by atoms with E-state index in [1.807, 2.05) is 19.1 Å². The molecular formula is C22H28F4N4O. The molecule has 2 aliphatic rings. The molecule has 2 aromatic heterocycles. The Bertz CT molecular complexity index is 964. The molecule has 170 valence electrons. The van der Waals surface area contributed by atoms with Gasteiger partial charge in [-0.3, -0.25) is 4.79 Å². The number of likely N-dealkylation sites (tertiary alicyclic amines) is 1. The normalized spacial score (nSPS) is 27.6. The van der Waals surface area contributed by atoms with E-state index in [1.54, 1.807) is 9.42 Å². The van der Waals surface area contributed by atoms with E-state index in [0.717, 1.165) is 5.69 Å². The van der Waals surface area contributed by atoms with Gasteiger partial charge in [0.15, 0.2) is 5.65 Å². The van der Waals surface area contributed by atoms with Crippen LogP contribution in [-0.2, 0) is 10.2 Å². The first-order chi connectivity index (χ1) is 14.6. The minimum Gasteiger partial charge on any atom is -0.342 e. The van der Waals surface area contributed by atoms with Crippen molar-refractivity contribution in [3.05, 3.63) is 29.2 Å². The lowest BCUT2D eigenvalue weighted by Crippen LogP contribution is -2.50. The fourth-order valence-corrected chi connectivity index (χ4v) is 5.20. The number of rotatable bonds is 3. The summed E-state index contributed by atoms with van der Waals surface area (Å²) in [6.45, 7) is 3.59. The number of hydrogen-bond donors (Lipinski definition) is 0. The number of halogens is 4. The first-order valence-electron chi connectivity index (χ1n) is 10.9. The maximum Gasteiger partial charge on any atom is 0.391 e. The highest BCUT2D eigenvalue weighted by Crippen LogP contribution is 2.43. The van der Waals surface area contributed by atoms with Gasteiger partial charge in [0.1, 0.15) is 6.67 Å². The number of aromatic nitrogens is 3. The maximum absolute atomic E-state index is 14.5. The first kappa shape index (κ1) is 22.0. The van der Waals surface area contributed by atoms with Gasteiger partial charge in [-0.05, 0) is 51.5 Å². The molecule has 0 spiro atoms. The number of carbonyl (C=O) groups is 1. The summed E-state index contributed by atoms with van der Waals surface area (Å²) in [6.07, 6.45) is -1.80. The molecule has 1 aliphatic heterocycles. The summed E-state index contributed by atoms with van der Waals surface area (Å²) in [6, 6.07) is 3.65. The largest absolute Gasteiger partial charge is 0.391 e. The molecular weight excluding hydrogens is 412 g/mol. The van der Waals surface area contributed by atoms with Crippen LogP contribution in [0.5, 0.6) is 0 Å². The van der Waals surface area contributed by atoms with E-state index >= 15 is 0 Å². The summed E-state index contributed by atoms with van der Waals surface area (Å²) in [5, 5.41) is 4.71. The van der Waals surface area contributed by atoms with E-state index < -0.39 is 24.2 Å². The molecule has 31 heavy (non-hydrogen) atoms. The zero-order valence-corrected chi connectivity index (χ0v) is 17.9. The van der Waals surface area contributed by atoms with Gasteiger partial charge in [-0.25, -0.2) is 13.9 Å². The molecule has 1 aliphatic carbocycles. The van der Waals surface area contributed by atoms with Crippen molar-refractivity contribution in [3.63, 3.8) is 0 Å². The minimum atomic E-state index is -4.15. The monoisotopic (exact) mass is 440 g/mol. The van der Waals surface area contributed by atoms with Gasteiger partial charge in [-0.2, -0.15) is 18.3 Å². The van der Waals surface area contributed by atoms with E-state index in [-0.39, 0.29) is 31.2 Å². The van der Waals surface area contributed by atoms with E-state index in [9.17, 15) is 22.4 Å². The molecule has 9 heteroatoms. The second-order valence-electron chi connectivity index (χ2n) is 9.17. The Hall–Kier alpha value is -2.19. The van der Waals surface area contributed by atoms with Gasteiger partial charge >= 0.3 is 6.18 Å². The van der Waals surface area contributed by atoms with Crippen LogP contribution in [-0.4, -0.2) is 51.3 Å². The number of nitrogens with zero attached hydrogens (tertiary/aromatic N) is 4. The Labute approximate surface area is 178 Å². The average molecular weight is 440 g/mol. The van der Waals surface area contributed by atoms with Gasteiger partial charge in [-0.1, -0.05) is 0 Å². The van der Waals surface area contributed by atoms with Crippen LogP contribution in [0.3, 0.4) is 0 Å². The minimum absolute atomic E-state index is 0.0603. The van der Waals surface area contributed by atoms with Crippen molar-refractivity contribution >= 4 is 11.6 Å². The van der Waals surface area contributed by atoms with Crippen LogP contribution in [0.1, 0.15) is 68.4 Å². The van der Waals surface area contributed by atoms with Crippen molar-refractivity contribution in [2.45, 2.75) is 69.9 Å². The summed E-state index contributed by atoms with van der Waals surface area (Å²) in [7, 11) is 0. The lowest BCUT2D eigenvalue weighted by molar-refractivity contribution is -0.182. The van der Waals surface area contributed by atoms with E-state index in [4.69, 9.17) is 5.10 Å². The molecule has 0 aromatic carbocycles. The second-order valence-corrected chi connectivity index (χ2v) is 9.17. The molecule has 1 unspecified atom stereocenters. The molecule has 0 radical (unpaired) electrons. The Morgan fingerprint density at radius 2 is 1.94 bits per heavy atom. The molecule has 0 N–H and O–H groups in total. The summed E-state index contributed by atoms with van der Waals surface area (Å²) in [5.41, 5.74) is 1.83. The number of hydrogen-bond acceptors (Lipinski definition) is 3. The van der Waals surface area contributed by atoms with Gasteiger partial charge in [0.25, 0.3) is 0 Å². The van der Waals surface area contributed by atoms with Crippen molar-refractivity contribution in [1.82, 2.24) is 19.5 Å². The zero-order valence-electron chi connectivity index (χ0n) is 17.9. The number of carbonyl (C=O) groups excluding carboxylic acids is 1. The van der Waals surface area contributed by atoms with Crippen molar-refractivity contribution in [3.8, 4) is 0 Å². The number of fused-ring (bicyclic) bond motifs is 1. The average Bonchev–Trinajstić information content (AvgIpc) is 3.16. The molecule has 4 rings (SSSR count). The second kappa shape index (κ2) is 8.06. The van der Waals surface area contributed by atoms with Crippen LogP contribution in [0.2, 0.25) is 0 Å². The number of piperidine rings is 1. The number of alkyl halides is 4. The predicted molar refractivity (Wildman–Crippen MR) is 108 cm³/mol. The van der Waals surface area contributed by atoms with Crippen LogP contribution < -0.4 is 0 Å². The topological polar surface area (TPSA) is 50.5 Å². The van der Waals surface area contributed by atoms with Crippen molar-refractivity contribution in [2.75, 3.05) is 19.8 Å². The van der Waals surface area contributed by atoms with Crippen LogP contribution in [0, 0.1) is 12.8 Å². The van der Waals surface area contributed by atoms with E-state index in [0.29, 0.717) is 49.3 Å². The lowest BCUT2D eigenvalue weighted by Gasteiger charge is -2.41. The Balaban J connectivity index is 1.68. The maximum atomic E-state index is 14.5. The summed E-state index contributed by atoms with van der Waals surface area (Å²) in [4.78, 5) is 18.2. The molecule has 2 aromatic rings. The molecule has 1 saturated heterocycles. The van der Waals surface area contributed by atoms with Gasteiger partial charge < -0.3 is 4.90 Å². The molecule has 1 amide bonds. The van der Waals surface area contributed by atoms with Gasteiger partial charge in [-0.15, -0.1) is 0 Å². The Kier molecular flexibility index (Phi) is 5.72. The van der Waals surface area contributed by atoms with Crippen LogP contribution >= 0.6 is 0 Å². The highest BCUT2D eigenvalue weighted by atomic mass is 19.4. The lowest BCUT2D eigenvalue weighted by atomic mass is 9.77. The molecule has 1 saturated carbocycles. The third-order valence-corrected chi connectivity index (χ3v) is 7.00. The molecule has 5 nitrogen and oxygen atoms in total. The molecule has 1 atom stereocenters. The SMILES string of the molecule is CC(=O)N1CCCC(CF)(c2cc(C)nc3cc([C@H]4CC[C@H](C(F)(F)F)CC4)nn23)C1.